The first-order chi connectivity index (χ1) is 13.6. The Morgan fingerprint density at radius 1 is 0.586 bits per heavy atom. The predicted octanol–water partition coefficient (Wildman–Crippen LogP) is 4.21. The summed E-state index contributed by atoms with van der Waals surface area (Å²) in [6.45, 7) is 5.42. The molecule has 0 saturated heterocycles. The fourth-order valence-corrected chi connectivity index (χ4v) is 5.19. The van der Waals surface area contributed by atoms with Crippen molar-refractivity contribution in [1.82, 2.24) is 0 Å². The van der Waals surface area contributed by atoms with Gasteiger partial charge in [-0.1, -0.05) is 41.5 Å². The SMILES string of the molecule is Cc1ccc(NS(=O)(=O)c2ccc(C)c(S(=O)(=O)Nc3ccc(C)cc3)c2)cc1. The third-order valence-electron chi connectivity index (χ3n) is 4.37. The fraction of sp³-hybridized carbons (Fsp3) is 0.143. The van der Waals surface area contributed by atoms with Crippen LogP contribution >= 0.6 is 0 Å². The fourth-order valence-electron chi connectivity index (χ4n) is 2.70. The van der Waals surface area contributed by atoms with E-state index >= 15 is 0 Å². The molecule has 29 heavy (non-hydrogen) atoms. The van der Waals surface area contributed by atoms with Crippen molar-refractivity contribution in [2.75, 3.05) is 9.44 Å². The normalized spacial score (nSPS) is 11.8. The molecule has 0 amide bonds. The van der Waals surface area contributed by atoms with Crippen molar-refractivity contribution in [3.05, 3.63) is 83.4 Å². The molecule has 3 aromatic carbocycles. The van der Waals surface area contributed by atoms with Gasteiger partial charge in [0.15, 0.2) is 0 Å². The predicted molar refractivity (Wildman–Crippen MR) is 115 cm³/mol. The highest BCUT2D eigenvalue weighted by Gasteiger charge is 2.22. The Morgan fingerprint density at radius 2 is 1.03 bits per heavy atom. The highest BCUT2D eigenvalue weighted by Crippen LogP contribution is 2.24. The van der Waals surface area contributed by atoms with E-state index in [9.17, 15) is 16.8 Å². The van der Waals surface area contributed by atoms with Gasteiger partial charge in [-0.15, -0.1) is 0 Å². The van der Waals surface area contributed by atoms with E-state index in [2.05, 4.69) is 9.44 Å². The highest BCUT2D eigenvalue weighted by atomic mass is 32.2. The zero-order valence-electron chi connectivity index (χ0n) is 16.3. The van der Waals surface area contributed by atoms with Crippen LogP contribution in [0.4, 0.5) is 11.4 Å². The van der Waals surface area contributed by atoms with Crippen molar-refractivity contribution in [3.8, 4) is 0 Å². The maximum absolute atomic E-state index is 12.9. The van der Waals surface area contributed by atoms with Gasteiger partial charge in [-0.05, 0) is 62.7 Å². The molecule has 152 valence electrons. The van der Waals surface area contributed by atoms with Crippen molar-refractivity contribution >= 4 is 31.4 Å². The van der Waals surface area contributed by atoms with E-state index in [1.165, 1.54) is 18.2 Å². The van der Waals surface area contributed by atoms with Crippen LogP contribution in [0.5, 0.6) is 0 Å². The van der Waals surface area contributed by atoms with Crippen LogP contribution in [-0.4, -0.2) is 16.8 Å². The summed E-state index contributed by atoms with van der Waals surface area (Å²) in [7, 11) is -7.91. The molecule has 0 bridgehead atoms. The number of hydrogen-bond donors (Lipinski definition) is 2. The summed E-state index contributed by atoms with van der Waals surface area (Å²) in [4.78, 5) is -0.224. The summed E-state index contributed by atoms with van der Waals surface area (Å²) >= 11 is 0. The molecule has 0 spiro atoms. The third-order valence-corrected chi connectivity index (χ3v) is 7.27. The van der Waals surface area contributed by atoms with Gasteiger partial charge >= 0.3 is 0 Å². The standard InChI is InChI=1S/C21H22N2O4S2/c1-15-4-9-18(10-5-15)22-28(24,25)20-13-8-17(3)21(14-20)29(26,27)23-19-11-6-16(2)7-12-19/h4-14,22-23H,1-3H3. The molecule has 8 heteroatoms. The number of benzene rings is 3. The number of rotatable bonds is 6. The lowest BCUT2D eigenvalue weighted by molar-refractivity contribution is 0.599. The average Bonchev–Trinajstić information content (AvgIpc) is 2.65. The molecule has 6 nitrogen and oxygen atoms in total. The van der Waals surface area contributed by atoms with Crippen molar-refractivity contribution < 1.29 is 16.8 Å². The zero-order valence-corrected chi connectivity index (χ0v) is 17.9. The molecule has 0 radical (unpaired) electrons. The van der Waals surface area contributed by atoms with Gasteiger partial charge in [-0.3, -0.25) is 9.44 Å². The number of nitrogens with one attached hydrogen (secondary N) is 2. The average molecular weight is 431 g/mol. The van der Waals surface area contributed by atoms with Gasteiger partial charge in [0.05, 0.1) is 9.79 Å². The minimum atomic E-state index is -3.96. The first-order valence-electron chi connectivity index (χ1n) is 8.86. The molecule has 0 saturated carbocycles. The van der Waals surface area contributed by atoms with Crippen molar-refractivity contribution in [2.45, 2.75) is 30.6 Å². The van der Waals surface area contributed by atoms with E-state index in [0.717, 1.165) is 11.1 Å². The first-order valence-corrected chi connectivity index (χ1v) is 11.8. The second-order valence-corrected chi connectivity index (χ2v) is 10.2. The zero-order chi connectivity index (χ0) is 21.2. The van der Waals surface area contributed by atoms with Gasteiger partial charge in [0.1, 0.15) is 0 Å². The van der Waals surface area contributed by atoms with Crippen LogP contribution in [-0.2, 0) is 20.0 Å². The lowest BCUT2D eigenvalue weighted by atomic mass is 10.2. The molecule has 0 fully saturated rings. The lowest BCUT2D eigenvalue weighted by Crippen LogP contribution is -2.17. The van der Waals surface area contributed by atoms with Gasteiger partial charge in [0, 0.05) is 11.4 Å². The number of anilines is 2. The summed E-state index contributed by atoms with van der Waals surface area (Å²) in [5.74, 6) is 0. The van der Waals surface area contributed by atoms with E-state index < -0.39 is 20.0 Å². The van der Waals surface area contributed by atoms with Crippen molar-refractivity contribution in [3.63, 3.8) is 0 Å². The molecular formula is C21H22N2O4S2. The summed E-state index contributed by atoms with van der Waals surface area (Å²) in [6, 6.07) is 17.8. The summed E-state index contributed by atoms with van der Waals surface area (Å²) in [6.07, 6.45) is 0. The Bertz CT molecular complexity index is 1230. The van der Waals surface area contributed by atoms with Gasteiger partial charge in [0.2, 0.25) is 0 Å². The monoisotopic (exact) mass is 430 g/mol. The van der Waals surface area contributed by atoms with Crippen molar-refractivity contribution in [2.24, 2.45) is 0 Å². The van der Waals surface area contributed by atoms with Crippen LogP contribution < -0.4 is 9.44 Å². The molecule has 0 aliphatic heterocycles. The minimum absolute atomic E-state index is 0.0927. The lowest BCUT2D eigenvalue weighted by Gasteiger charge is -2.13. The number of sulfonamides is 2. The summed E-state index contributed by atoms with van der Waals surface area (Å²) in [5.41, 5.74) is 3.25. The molecule has 0 aliphatic rings. The first kappa shape index (κ1) is 20.9. The molecule has 2 N–H and O–H groups in total. The van der Waals surface area contributed by atoms with Crippen LogP contribution in [0.15, 0.2) is 76.5 Å². The Kier molecular flexibility index (Phi) is 5.68. The number of aryl methyl sites for hydroxylation is 3. The maximum Gasteiger partial charge on any atom is 0.262 e. The molecule has 0 atom stereocenters. The second kappa shape index (κ2) is 7.88. The van der Waals surface area contributed by atoms with Crippen molar-refractivity contribution in [1.29, 1.82) is 0 Å². The molecule has 3 aromatic rings. The van der Waals surface area contributed by atoms with Crippen LogP contribution in [0.1, 0.15) is 16.7 Å². The van der Waals surface area contributed by atoms with E-state index in [1.807, 2.05) is 13.8 Å². The van der Waals surface area contributed by atoms with Gasteiger partial charge < -0.3 is 0 Å². The third kappa shape index (κ3) is 4.96. The van der Waals surface area contributed by atoms with Gasteiger partial charge in [-0.25, -0.2) is 16.8 Å². The second-order valence-electron chi connectivity index (χ2n) is 6.87. The van der Waals surface area contributed by atoms with E-state index in [0.29, 0.717) is 16.9 Å². The Morgan fingerprint density at radius 3 is 1.52 bits per heavy atom. The molecule has 0 aromatic heterocycles. The largest absolute Gasteiger partial charge is 0.280 e. The number of hydrogen-bond acceptors (Lipinski definition) is 4. The molecule has 0 unspecified atom stereocenters. The van der Waals surface area contributed by atoms with Crippen LogP contribution in [0.25, 0.3) is 0 Å². The van der Waals surface area contributed by atoms with Crippen LogP contribution in [0, 0.1) is 20.8 Å². The summed E-state index contributed by atoms with van der Waals surface area (Å²) < 4.78 is 56.2. The Balaban J connectivity index is 1.94. The quantitative estimate of drug-likeness (QED) is 0.613. The van der Waals surface area contributed by atoms with E-state index in [1.54, 1.807) is 55.5 Å². The molecular weight excluding hydrogens is 408 g/mol. The van der Waals surface area contributed by atoms with E-state index in [-0.39, 0.29) is 9.79 Å². The van der Waals surface area contributed by atoms with Crippen LogP contribution in [0.3, 0.4) is 0 Å². The Labute approximate surface area is 171 Å². The molecule has 0 aliphatic carbocycles. The minimum Gasteiger partial charge on any atom is -0.280 e. The van der Waals surface area contributed by atoms with Gasteiger partial charge in [0.25, 0.3) is 20.0 Å². The van der Waals surface area contributed by atoms with Crippen LogP contribution in [0.2, 0.25) is 0 Å². The van der Waals surface area contributed by atoms with Gasteiger partial charge in [-0.2, -0.15) is 0 Å². The summed E-state index contributed by atoms with van der Waals surface area (Å²) in [5, 5.41) is 0. The molecule has 3 rings (SSSR count). The highest BCUT2D eigenvalue weighted by molar-refractivity contribution is 7.93. The smallest absolute Gasteiger partial charge is 0.262 e. The van der Waals surface area contributed by atoms with E-state index in [4.69, 9.17) is 0 Å². The topological polar surface area (TPSA) is 92.3 Å². The Hall–Kier alpha value is -2.84. The maximum atomic E-state index is 12.9. The molecule has 0 heterocycles.